The number of rotatable bonds is 7. The molecule has 8 nitrogen and oxygen atoms in total. The Bertz CT molecular complexity index is 1160. The quantitative estimate of drug-likeness (QED) is 0.395. The van der Waals surface area contributed by atoms with Crippen molar-refractivity contribution in [3.05, 3.63) is 89.9 Å². The summed E-state index contributed by atoms with van der Waals surface area (Å²) in [7, 11) is 1.66. The van der Waals surface area contributed by atoms with E-state index in [0.717, 1.165) is 54.8 Å². The smallest absolute Gasteiger partial charge is 0.173 e. The van der Waals surface area contributed by atoms with Crippen LogP contribution in [0.25, 0.3) is 0 Å². The van der Waals surface area contributed by atoms with Gasteiger partial charge in [-0.3, -0.25) is 4.90 Å². The Morgan fingerprint density at radius 1 is 1.00 bits per heavy atom. The first kappa shape index (κ1) is 23.7. The van der Waals surface area contributed by atoms with Gasteiger partial charge in [-0.15, -0.1) is 17.5 Å². The lowest BCUT2D eigenvalue weighted by Crippen LogP contribution is -2.48. The highest BCUT2D eigenvalue weighted by atomic mass is 35.5. The summed E-state index contributed by atoms with van der Waals surface area (Å²) in [4.78, 5) is 4.65. The molecule has 0 spiro atoms. The van der Waals surface area contributed by atoms with Gasteiger partial charge < -0.3 is 14.1 Å². The van der Waals surface area contributed by atoms with Crippen LogP contribution >= 0.6 is 12.4 Å². The molecule has 34 heavy (non-hydrogen) atoms. The van der Waals surface area contributed by atoms with E-state index in [1.165, 1.54) is 12.1 Å². The molecule has 1 atom stereocenters. The summed E-state index contributed by atoms with van der Waals surface area (Å²) in [6.45, 7) is 3.71. The zero-order chi connectivity index (χ0) is 22.6. The van der Waals surface area contributed by atoms with Crippen LogP contribution < -0.4 is 9.64 Å². The van der Waals surface area contributed by atoms with Crippen molar-refractivity contribution in [3.8, 4) is 5.75 Å². The Labute approximate surface area is 203 Å². The van der Waals surface area contributed by atoms with Crippen molar-refractivity contribution in [2.45, 2.75) is 12.6 Å². The molecule has 2 aromatic carbocycles. The van der Waals surface area contributed by atoms with Crippen molar-refractivity contribution in [1.82, 2.24) is 25.1 Å². The molecule has 1 unspecified atom stereocenters. The highest BCUT2D eigenvalue weighted by Gasteiger charge is 2.31. The van der Waals surface area contributed by atoms with Gasteiger partial charge in [0.2, 0.25) is 0 Å². The molecule has 0 amide bonds. The topological polar surface area (TPSA) is 72.4 Å². The number of tetrazole rings is 1. The first-order valence-corrected chi connectivity index (χ1v) is 10.9. The van der Waals surface area contributed by atoms with E-state index in [1.54, 1.807) is 18.1 Å². The van der Waals surface area contributed by atoms with Gasteiger partial charge in [0.1, 0.15) is 23.9 Å². The molecule has 1 aliphatic rings. The summed E-state index contributed by atoms with van der Waals surface area (Å²) in [5.41, 5.74) is 2.11. The fraction of sp³-hybridized carbons (Fsp3) is 0.292. The van der Waals surface area contributed by atoms with Crippen molar-refractivity contribution in [1.29, 1.82) is 0 Å². The molecule has 0 saturated carbocycles. The fourth-order valence-electron chi connectivity index (χ4n) is 4.27. The third kappa shape index (κ3) is 5.05. The maximum absolute atomic E-state index is 13.3. The number of methoxy groups -OCH3 is 1. The number of anilines is 1. The standard InChI is InChI=1S/C24H25FN6O2.ClH/c1-32-21-10-4-18(5-11-21)23(24-26-27-28-31(24)17-22-3-2-16-33-22)30-14-12-29(13-15-30)20-8-6-19(25)7-9-20;/h2-11,16,23H,12-15,17H2,1H3;1H. The van der Waals surface area contributed by atoms with Gasteiger partial charge in [-0.2, -0.15) is 0 Å². The van der Waals surface area contributed by atoms with Crippen LogP contribution in [0.2, 0.25) is 0 Å². The van der Waals surface area contributed by atoms with Crippen LogP contribution in [-0.2, 0) is 6.54 Å². The number of ether oxygens (including phenoxy) is 1. The van der Waals surface area contributed by atoms with Gasteiger partial charge in [0.05, 0.1) is 19.4 Å². The van der Waals surface area contributed by atoms with E-state index in [2.05, 4.69) is 37.5 Å². The van der Waals surface area contributed by atoms with E-state index in [0.29, 0.717) is 6.54 Å². The van der Waals surface area contributed by atoms with E-state index in [1.807, 2.05) is 36.4 Å². The highest BCUT2D eigenvalue weighted by molar-refractivity contribution is 5.85. The second-order valence-corrected chi connectivity index (χ2v) is 7.95. The van der Waals surface area contributed by atoms with E-state index in [9.17, 15) is 4.39 Å². The SMILES string of the molecule is COc1ccc(C(c2nnnn2Cc2ccco2)N2CCN(c3ccc(F)cc3)CC2)cc1.Cl. The number of nitrogens with zero attached hydrogens (tertiary/aromatic N) is 6. The molecule has 0 radical (unpaired) electrons. The third-order valence-electron chi connectivity index (χ3n) is 5.99. The number of halogens is 2. The monoisotopic (exact) mass is 484 g/mol. The number of benzene rings is 2. The Morgan fingerprint density at radius 3 is 2.38 bits per heavy atom. The van der Waals surface area contributed by atoms with Gasteiger partial charge in [-0.25, -0.2) is 9.07 Å². The molecule has 1 aliphatic heterocycles. The molecule has 10 heteroatoms. The van der Waals surface area contributed by atoms with Crippen LogP contribution in [0.4, 0.5) is 10.1 Å². The number of aromatic nitrogens is 4. The van der Waals surface area contributed by atoms with E-state index in [-0.39, 0.29) is 24.3 Å². The Kier molecular flexibility index (Phi) is 7.44. The van der Waals surface area contributed by atoms with E-state index < -0.39 is 0 Å². The number of furan rings is 1. The second kappa shape index (κ2) is 10.7. The first-order chi connectivity index (χ1) is 16.2. The molecular weight excluding hydrogens is 459 g/mol. The average molecular weight is 485 g/mol. The van der Waals surface area contributed by atoms with Crippen molar-refractivity contribution >= 4 is 18.1 Å². The molecule has 1 saturated heterocycles. The van der Waals surface area contributed by atoms with Crippen molar-refractivity contribution in [2.24, 2.45) is 0 Å². The molecule has 0 bridgehead atoms. The maximum atomic E-state index is 13.3. The molecular formula is C24H26ClFN6O2. The Morgan fingerprint density at radius 2 is 1.74 bits per heavy atom. The van der Waals surface area contributed by atoms with Gasteiger partial charge in [-0.1, -0.05) is 12.1 Å². The lowest BCUT2D eigenvalue weighted by atomic mass is 10.0. The minimum atomic E-state index is -0.222. The summed E-state index contributed by atoms with van der Waals surface area (Å²) in [5, 5.41) is 12.6. The zero-order valence-electron chi connectivity index (χ0n) is 18.7. The molecule has 0 aliphatic carbocycles. The van der Waals surface area contributed by atoms with Crippen LogP contribution in [0.1, 0.15) is 23.2 Å². The fourth-order valence-corrected chi connectivity index (χ4v) is 4.27. The van der Waals surface area contributed by atoms with Gasteiger partial charge in [-0.05, 0) is 64.5 Å². The lowest BCUT2D eigenvalue weighted by molar-refractivity contribution is 0.200. The Balaban J connectivity index is 0.00000274. The van der Waals surface area contributed by atoms with Crippen LogP contribution in [0.15, 0.2) is 71.3 Å². The first-order valence-electron chi connectivity index (χ1n) is 10.9. The minimum absolute atomic E-state index is 0. The molecule has 1 fully saturated rings. The van der Waals surface area contributed by atoms with Crippen molar-refractivity contribution in [3.63, 3.8) is 0 Å². The molecule has 5 rings (SSSR count). The number of hydrogen-bond acceptors (Lipinski definition) is 7. The van der Waals surface area contributed by atoms with Crippen LogP contribution in [-0.4, -0.2) is 58.4 Å². The van der Waals surface area contributed by atoms with E-state index in [4.69, 9.17) is 9.15 Å². The molecule has 2 aromatic heterocycles. The highest BCUT2D eigenvalue weighted by Crippen LogP contribution is 2.30. The van der Waals surface area contributed by atoms with Gasteiger partial charge in [0.25, 0.3) is 0 Å². The molecule has 0 N–H and O–H groups in total. The van der Waals surface area contributed by atoms with Crippen molar-refractivity contribution < 1.29 is 13.5 Å². The minimum Gasteiger partial charge on any atom is -0.497 e. The van der Waals surface area contributed by atoms with Gasteiger partial charge in [0, 0.05) is 31.9 Å². The maximum Gasteiger partial charge on any atom is 0.173 e. The molecule has 4 aromatic rings. The largest absolute Gasteiger partial charge is 0.497 e. The predicted octanol–water partition coefficient (Wildman–Crippen LogP) is 3.80. The Hall–Kier alpha value is -3.43. The summed E-state index contributed by atoms with van der Waals surface area (Å²) in [6.07, 6.45) is 1.65. The normalized spacial score (nSPS) is 15.1. The molecule has 178 valence electrons. The zero-order valence-corrected chi connectivity index (χ0v) is 19.6. The van der Waals surface area contributed by atoms with E-state index >= 15 is 0 Å². The summed E-state index contributed by atoms with van der Waals surface area (Å²) in [5.74, 6) is 2.12. The predicted molar refractivity (Wildman–Crippen MR) is 128 cm³/mol. The second-order valence-electron chi connectivity index (χ2n) is 7.95. The van der Waals surface area contributed by atoms with Gasteiger partial charge in [0.15, 0.2) is 5.82 Å². The lowest BCUT2D eigenvalue weighted by Gasteiger charge is -2.39. The van der Waals surface area contributed by atoms with Crippen LogP contribution in [0.3, 0.4) is 0 Å². The molecule has 3 heterocycles. The van der Waals surface area contributed by atoms with Gasteiger partial charge >= 0.3 is 0 Å². The number of piperazine rings is 1. The van der Waals surface area contributed by atoms with Crippen LogP contribution in [0, 0.1) is 5.82 Å². The van der Waals surface area contributed by atoms with Crippen LogP contribution in [0.5, 0.6) is 5.75 Å². The third-order valence-corrected chi connectivity index (χ3v) is 5.99. The number of hydrogen-bond donors (Lipinski definition) is 0. The summed E-state index contributed by atoms with van der Waals surface area (Å²) >= 11 is 0. The summed E-state index contributed by atoms with van der Waals surface area (Å²) in [6, 6.07) is 18.3. The van der Waals surface area contributed by atoms with Crippen molar-refractivity contribution in [2.75, 3.05) is 38.2 Å². The summed E-state index contributed by atoms with van der Waals surface area (Å²) < 4.78 is 26.0. The average Bonchev–Trinajstić information content (AvgIpc) is 3.54.